The van der Waals surface area contributed by atoms with Gasteiger partial charge in [0.2, 0.25) is 5.91 Å². The van der Waals surface area contributed by atoms with Crippen LogP contribution in [0.15, 0.2) is 0 Å². The Balaban J connectivity index is 1.56. The summed E-state index contributed by atoms with van der Waals surface area (Å²) in [6, 6.07) is -0.357. The van der Waals surface area contributed by atoms with Gasteiger partial charge in [-0.2, -0.15) is 0 Å². The SMILES string of the molecule is CC(C)(C)OC(=O)N1CC[C@@H]1C(=O)NCCCCCN1CCCC1. The minimum atomic E-state index is -0.525. The standard InChI is InChI=1S/C18H33N3O3/c1-18(2,3)24-17(23)21-14-9-15(21)16(22)19-10-5-4-6-11-20-12-7-8-13-20/h15H,4-14H2,1-3H3,(H,19,22)/t15-/m1/s1. The fourth-order valence-electron chi connectivity index (χ4n) is 3.17. The molecule has 0 aromatic rings. The van der Waals surface area contributed by atoms with Crippen LogP contribution in [0, 0.1) is 0 Å². The third kappa shape index (κ3) is 5.96. The van der Waals surface area contributed by atoms with E-state index in [1.165, 1.54) is 43.8 Å². The zero-order valence-electron chi connectivity index (χ0n) is 15.5. The van der Waals surface area contributed by atoms with Gasteiger partial charge in [-0.3, -0.25) is 9.69 Å². The molecule has 24 heavy (non-hydrogen) atoms. The van der Waals surface area contributed by atoms with Gasteiger partial charge in [-0.15, -0.1) is 0 Å². The molecule has 2 fully saturated rings. The summed E-state index contributed by atoms with van der Waals surface area (Å²) >= 11 is 0. The van der Waals surface area contributed by atoms with Crippen LogP contribution in [0.25, 0.3) is 0 Å². The molecule has 2 saturated heterocycles. The normalized spacial score (nSPS) is 21.5. The van der Waals surface area contributed by atoms with Crippen LogP contribution < -0.4 is 5.32 Å². The van der Waals surface area contributed by atoms with E-state index in [9.17, 15) is 9.59 Å². The Labute approximate surface area is 145 Å². The van der Waals surface area contributed by atoms with Gasteiger partial charge in [-0.25, -0.2) is 4.79 Å². The number of rotatable bonds is 7. The van der Waals surface area contributed by atoms with Gasteiger partial charge in [-0.05, 0) is 72.5 Å². The minimum absolute atomic E-state index is 0.0494. The maximum absolute atomic E-state index is 12.2. The lowest BCUT2D eigenvalue weighted by Crippen LogP contribution is -2.59. The fraction of sp³-hybridized carbons (Fsp3) is 0.889. The van der Waals surface area contributed by atoms with E-state index in [0.29, 0.717) is 13.1 Å². The van der Waals surface area contributed by atoms with E-state index in [2.05, 4.69) is 10.2 Å². The van der Waals surface area contributed by atoms with Gasteiger partial charge in [0.1, 0.15) is 11.6 Å². The summed E-state index contributed by atoms with van der Waals surface area (Å²) < 4.78 is 5.33. The zero-order valence-corrected chi connectivity index (χ0v) is 15.5. The van der Waals surface area contributed by atoms with Crippen LogP contribution in [0.2, 0.25) is 0 Å². The van der Waals surface area contributed by atoms with Gasteiger partial charge in [0.25, 0.3) is 0 Å². The first-order chi connectivity index (χ1) is 11.4. The van der Waals surface area contributed by atoms with Crippen LogP contribution in [-0.2, 0) is 9.53 Å². The number of hydrogen-bond acceptors (Lipinski definition) is 4. The molecule has 2 aliphatic rings. The van der Waals surface area contributed by atoms with Crippen molar-refractivity contribution in [1.29, 1.82) is 0 Å². The average Bonchev–Trinajstić information content (AvgIpc) is 2.92. The summed E-state index contributed by atoms with van der Waals surface area (Å²) in [6.45, 7) is 10.5. The van der Waals surface area contributed by atoms with Crippen LogP contribution in [0.1, 0.15) is 59.3 Å². The maximum Gasteiger partial charge on any atom is 0.410 e. The Morgan fingerprint density at radius 2 is 1.79 bits per heavy atom. The molecule has 1 N–H and O–H groups in total. The molecule has 0 radical (unpaired) electrons. The average molecular weight is 339 g/mol. The number of amides is 2. The molecule has 2 aliphatic heterocycles. The molecular weight excluding hydrogens is 306 g/mol. The molecule has 0 spiro atoms. The van der Waals surface area contributed by atoms with E-state index in [4.69, 9.17) is 4.74 Å². The second kappa shape index (κ2) is 8.70. The van der Waals surface area contributed by atoms with E-state index >= 15 is 0 Å². The van der Waals surface area contributed by atoms with Gasteiger partial charge < -0.3 is 15.0 Å². The minimum Gasteiger partial charge on any atom is -0.444 e. The highest BCUT2D eigenvalue weighted by Gasteiger charge is 2.39. The summed E-state index contributed by atoms with van der Waals surface area (Å²) in [5, 5.41) is 2.96. The Morgan fingerprint density at radius 1 is 1.08 bits per heavy atom. The van der Waals surface area contributed by atoms with E-state index < -0.39 is 5.60 Å². The van der Waals surface area contributed by atoms with Crippen molar-refractivity contribution in [1.82, 2.24) is 15.1 Å². The Morgan fingerprint density at radius 3 is 2.38 bits per heavy atom. The Kier molecular flexibility index (Phi) is 6.90. The Bertz CT molecular complexity index is 428. The summed E-state index contributed by atoms with van der Waals surface area (Å²) in [6.07, 6.45) is 6.34. The molecule has 138 valence electrons. The van der Waals surface area contributed by atoms with E-state index in [1.54, 1.807) is 0 Å². The third-order valence-corrected chi connectivity index (χ3v) is 4.60. The second-order valence-corrected chi connectivity index (χ2v) is 7.88. The number of likely N-dealkylation sites (tertiary alicyclic amines) is 2. The number of carbonyl (C=O) groups is 2. The summed E-state index contributed by atoms with van der Waals surface area (Å²) in [5.41, 5.74) is -0.525. The van der Waals surface area contributed by atoms with Crippen LogP contribution in [0.3, 0.4) is 0 Å². The first kappa shape index (κ1) is 19.0. The highest BCUT2D eigenvalue weighted by molar-refractivity contribution is 5.87. The van der Waals surface area contributed by atoms with Gasteiger partial charge in [0, 0.05) is 13.1 Å². The molecule has 1 atom stereocenters. The van der Waals surface area contributed by atoms with E-state index in [1.807, 2.05) is 20.8 Å². The molecule has 0 bridgehead atoms. The fourth-order valence-corrected chi connectivity index (χ4v) is 3.17. The molecular formula is C18H33N3O3. The molecule has 0 aromatic carbocycles. The topological polar surface area (TPSA) is 61.9 Å². The molecule has 0 saturated carbocycles. The highest BCUT2D eigenvalue weighted by Crippen LogP contribution is 2.21. The smallest absolute Gasteiger partial charge is 0.410 e. The number of unbranched alkanes of at least 4 members (excludes halogenated alkanes) is 2. The maximum atomic E-state index is 12.2. The van der Waals surface area contributed by atoms with Crippen molar-refractivity contribution in [2.45, 2.75) is 70.9 Å². The first-order valence-corrected chi connectivity index (χ1v) is 9.36. The largest absolute Gasteiger partial charge is 0.444 e. The van der Waals surface area contributed by atoms with Crippen LogP contribution >= 0.6 is 0 Å². The van der Waals surface area contributed by atoms with Crippen LogP contribution in [-0.4, -0.2) is 66.2 Å². The van der Waals surface area contributed by atoms with Crippen molar-refractivity contribution >= 4 is 12.0 Å². The highest BCUT2D eigenvalue weighted by atomic mass is 16.6. The molecule has 0 aromatic heterocycles. The lowest BCUT2D eigenvalue weighted by molar-refractivity contribution is -0.130. The van der Waals surface area contributed by atoms with Crippen LogP contribution in [0.5, 0.6) is 0 Å². The zero-order chi connectivity index (χ0) is 17.6. The summed E-state index contributed by atoms with van der Waals surface area (Å²) in [7, 11) is 0. The Hall–Kier alpha value is -1.30. The van der Waals surface area contributed by atoms with Crippen molar-refractivity contribution < 1.29 is 14.3 Å². The van der Waals surface area contributed by atoms with Gasteiger partial charge in [0.15, 0.2) is 0 Å². The predicted octanol–water partition coefficient (Wildman–Crippen LogP) is 2.38. The quantitative estimate of drug-likeness (QED) is 0.724. The lowest BCUT2D eigenvalue weighted by atomic mass is 10.0. The molecule has 0 aliphatic carbocycles. The monoisotopic (exact) mass is 339 g/mol. The molecule has 2 heterocycles. The summed E-state index contributed by atoms with van der Waals surface area (Å²) in [5.74, 6) is -0.0494. The van der Waals surface area contributed by atoms with Gasteiger partial charge in [0.05, 0.1) is 0 Å². The lowest BCUT2D eigenvalue weighted by Gasteiger charge is -2.40. The van der Waals surface area contributed by atoms with Crippen molar-refractivity contribution in [2.75, 3.05) is 32.7 Å². The predicted molar refractivity (Wildman–Crippen MR) is 93.9 cm³/mol. The van der Waals surface area contributed by atoms with Crippen molar-refractivity contribution in [3.8, 4) is 0 Å². The van der Waals surface area contributed by atoms with Crippen LogP contribution in [0.4, 0.5) is 4.79 Å². The van der Waals surface area contributed by atoms with Crippen molar-refractivity contribution in [3.63, 3.8) is 0 Å². The molecule has 2 rings (SSSR count). The molecule has 2 amide bonds. The first-order valence-electron chi connectivity index (χ1n) is 9.36. The molecule has 6 heteroatoms. The molecule has 0 unspecified atom stereocenters. The number of nitrogens with zero attached hydrogens (tertiary/aromatic N) is 2. The second-order valence-electron chi connectivity index (χ2n) is 7.88. The summed E-state index contributed by atoms with van der Waals surface area (Å²) in [4.78, 5) is 28.2. The number of nitrogens with one attached hydrogen (secondary N) is 1. The third-order valence-electron chi connectivity index (χ3n) is 4.60. The number of carbonyl (C=O) groups excluding carboxylic acids is 2. The van der Waals surface area contributed by atoms with E-state index in [0.717, 1.165) is 19.3 Å². The van der Waals surface area contributed by atoms with E-state index in [-0.39, 0.29) is 18.0 Å². The number of ether oxygens (including phenoxy) is 1. The van der Waals surface area contributed by atoms with Crippen molar-refractivity contribution in [3.05, 3.63) is 0 Å². The van der Waals surface area contributed by atoms with Crippen molar-refractivity contribution in [2.24, 2.45) is 0 Å². The number of hydrogen-bond donors (Lipinski definition) is 1. The molecule has 6 nitrogen and oxygen atoms in total. The van der Waals surface area contributed by atoms with Gasteiger partial charge in [-0.1, -0.05) is 6.42 Å². The van der Waals surface area contributed by atoms with Gasteiger partial charge >= 0.3 is 6.09 Å².